The lowest BCUT2D eigenvalue weighted by atomic mass is 9.86. The van der Waals surface area contributed by atoms with Crippen molar-refractivity contribution in [3.05, 3.63) is 29.8 Å². The Balaban J connectivity index is 2.10. The number of carbonyl (C=O) groups excluding carboxylic acids is 1. The highest BCUT2D eigenvalue weighted by atomic mass is 16.5. The second kappa shape index (κ2) is 6.29. The van der Waals surface area contributed by atoms with Gasteiger partial charge in [0.2, 0.25) is 5.91 Å². The summed E-state index contributed by atoms with van der Waals surface area (Å²) in [5, 5.41) is 0. The fourth-order valence-electron chi connectivity index (χ4n) is 3.00. The lowest BCUT2D eigenvalue weighted by Gasteiger charge is -2.32. The second-order valence-corrected chi connectivity index (χ2v) is 7.39. The van der Waals surface area contributed by atoms with Gasteiger partial charge in [-0.25, -0.2) is 0 Å². The van der Waals surface area contributed by atoms with E-state index in [9.17, 15) is 4.79 Å². The Morgan fingerprint density at radius 2 is 1.91 bits per heavy atom. The number of amides is 1. The van der Waals surface area contributed by atoms with E-state index in [-0.39, 0.29) is 17.4 Å². The normalized spacial score (nSPS) is 23.5. The molecule has 0 spiro atoms. The quantitative estimate of drug-likeness (QED) is 0.934. The number of nitrogens with two attached hydrogens (primary N) is 1. The summed E-state index contributed by atoms with van der Waals surface area (Å²) in [5.41, 5.74) is 7.19. The first-order valence-corrected chi connectivity index (χ1v) is 7.94. The van der Waals surface area contributed by atoms with E-state index in [0.29, 0.717) is 5.92 Å². The van der Waals surface area contributed by atoms with Crippen LogP contribution in [0.25, 0.3) is 0 Å². The van der Waals surface area contributed by atoms with Crippen molar-refractivity contribution in [3.63, 3.8) is 0 Å². The van der Waals surface area contributed by atoms with Crippen LogP contribution < -0.4 is 10.5 Å². The van der Waals surface area contributed by atoms with E-state index in [1.807, 2.05) is 37.8 Å². The summed E-state index contributed by atoms with van der Waals surface area (Å²) >= 11 is 0. The number of carbonyl (C=O) groups is 1. The van der Waals surface area contributed by atoms with Gasteiger partial charge in [-0.2, -0.15) is 0 Å². The molecule has 0 unspecified atom stereocenters. The zero-order valence-corrected chi connectivity index (χ0v) is 14.3. The van der Waals surface area contributed by atoms with Gasteiger partial charge in [0, 0.05) is 18.5 Å². The number of likely N-dealkylation sites (tertiary alicyclic amines) is 1. The average molecular weight is 304 g/mol. The molecule has 0 aliphatic carbocycles. The third-order valence-electron chi connectivity index (χ3n) is 4.64. The van der Waals surface area contributed by atoms with E-state index >= 15 is 0 Å². The number of methoxy groups -OCH3 is 1. The lowest BCUT2D eigenvalue weighted by Crippen LogP contribution is -2.51. The Labute approximate surface area is 133 Å². The van der Waals surface area contributed by atoms with E-state index in [1.54, 1.807) is 7.11 Å². The predicted octanol–water partition coefficient (Wildman–Crippen LogP) is 2.77. The largest absolute Gasteiger partial charge is 0.497 e. The lowest BCUT2D eigenvalue weighted by molar-refractivity contribution is -0.135. The van der Waals surface area contributed by atoms with Gasteiger partial charge < -0.3 is 15.4 Å². The Hall–Kier alpha value is -1.55. The summed E-state index contributed by atoms with van der Waals surface area (Å²) in [4.78, 5) is 14.6. The molecule has 1 aromatic rings. The summed E-state index contributed by atoms with van der Waals surface area (Å²) < 4.78 is 5.20. The maximum absolute atomic E-state index is 12.7. The van der Waals surface area contributed by atoms with Crippen molar-refractivity contribution in [3.8, 4) is 5.75 Å². The van der Waals surface area contributed by atoms with Crippen LogP contribution in [-0.4, -0.2) is 36.5 Å². The molecule has 2 rings (SSSR count). The Morgan fingerprint density at radius 3 is 2.41 bits per heavy atom. The van der Waals surface area contributed by atoms with E-state index in [0.717, 1.165) is 18.7 Å². The van der Waals surface area contributed by atoms with Gasteiger partial charge in [-0.1, -0.05) is 32.9 Å². The predicted molar refractivity (Wildman–Crippen MR) is 89.0 cm³/mol. The maximum Gasteiger partial charge on any atom is 0.240 e. The Kier molecular flexibility index (Phi) is 4.81. The molecule has 0 radical (unpaired) electrons. The topological polar surface area (TPSA) is 55.6 Å². The molecule has 1 saturated heterocycles. The summed E-state index contributed by atoms with van der Waals surface area (Å²) in [6, 6.07) is 7.91. The van der Waals surface area contributed by atoms with Crippen LogP contribution in [-0.2, 0) is 4.79 Å². The zero-order valence-electron chi connectivity index (χ0n) is 14.3. The number of nitrogens with zero attached hydrogens (tertiary/aromatic N) is 1. The fourth-order valence-corrected chi connectivity index (χ4v) is 3.00. The van der Waals surface area contributed by atoms with Crippen molar-refractivity contribution in [1.82, 2.24) is 4.90 Å². The third-order valence-corrected chi connectivity index (χ3v) is 4.64. The molecule has 122 valence electrons. The van der Waals surface area contributed by atoms with Crippen LogP contribution in [0.2, 0.25) is 0 Å². The standard InChI is InChI=1S/C18H28N2O2/c1-12-10-14(13-6-8-15(22-5)9-7-13)11-20(12)17(21)16(19)18(2,3)4/h6-9,12,14,16H,10-11,19H2,1-5H3/t12-,14-,16+/m0/s1. The molecule has 1 aromatic carbocycles. The molecule has 0 aromatic heterocycles. The molecule has 0 bridgehead atoms. The van der Waals surface area contributed by atoms with Crippen molar-refractivity contribution in [1.29, 1.82) is 0 Å². The molecule has 1 heterocycles. The van der Waals surface area contributed by atoms with Crippen molar-refractivity contribution in [2.24, 2.45) is 11.1 Å². The first-order chi connectivity index (χ1) is 10.2. The molecule has 1 aliphatic heterocycles. The Morgan fingerprint density at radius 1 is 1.32 bits per heavy atom. The molecular weight excluding hydrogens is 276 g/mol. The number of rotatable bonds is 3. The molecule has 1 fully saturated rings. The second-order valence-electron chi connectivity index (χ2n) is 7.39. The minimum Gasteiger partial charge on any atom is -0.497 e. The molecular formula is C18H28N2O2. The van der Waals surface area contributed by atoms with Gasteiger partial charge in [0.25, 0.3) is 0 Å². The highest BCUT2D eigenvalue weighted by Gasteiger charge is 2.38. The van der Waals surface area contributed by atoms with Crippen molar-refractivity contribution in [2.45, 2.75) is 52.1 Å². The molecule has 4 nitrogen and oxygen atoms in total. The monoisotopic (exact) mass is 304 g/mol. The van der Waals surface area contributed by atoms with Gasteiger partial charge in [0.15, 0.2) is 0 Å². The van der Waals surface area contributed by atoms with Gasteiger partial charge in [-0.05, 0) is 36.5 Å². The van der Waals surface area contributed by atoms with Gasteiger partial charge in [0.05, 0.1) is 13.2 Å². The van der Waals surface area contributed by atoms with E-state index in [2.05, 4.69) is 19.1 Å². The average Bonchev–Trinajstić information content (AvgIpc) is 2.87. The molecule has 3 atom stereocenters. The highest BCUT2D eigenvalue weighted by Crippen LogP contribution is 2.33. The van der Waals surface area contributed by atoms with Crippen LogP contribution in [0.1, 0.15) is 45.6 Å². The molecule has 2 N–H and O–H groups in total. The molecule has 4 heteroatoms. The van der Waals surface area contributed by atoms with Crippen LogP contribution in [0.3, 0.4) is 0 Å². The van der Waals surface area contributed by atoms with Crippen LogP contribution in [0.4, 0.5) is 0 Å². The molecule has 1 aliphatic rings. The van der Waals surface area contributed by atoms with Gasteiger partial charge in [0.1, 0.15) is 5.75 Å². The fraction of sp³-hybridized carbons (Fsp3) is 0.611. The van der Waals surface area contributed by atoms with Crippen molar-refractivity contribution < 1.29 is 9.53 Å². The van der Waals surface area contributed by atoms with Crippen LogP contribution in [0, 0.1) is 5.41 Å². The van der Waals surface area contributed by atoms with Crippen molar-refractivity contribution >= 4 is 5.91 Å². The van der Waals surface area contributed by atoms with Crippen LogP contribution in [0.5, 0.6) is 5.75 Å². The zero-order chi connectivity index (χ0) is 16.5. The highest BCUT2D eigenvalue weighted by molar-refractivity contribution is 5.83. The summed E-state index contributed by atoms with van der Waals surface area (Å²) in [5.74, 6) is 1.30. The molecule has 0 saturated carbocycles. The maximum atomic E-state index is 12.7. The number of benzene rings is 1. The number of ether oxygens (including phenoxy) is 1. The summed E-state index contributed by atoms with van der Waals surface area (Å²) in [6.45, 7) is 8.89. The van der Waals surface area contributed by atoms with E-state index < -0.39 is 6.04 Å². The molecule has 22 heavy (non-hydrogen) atoms. The summed E-state index contributed by atoms with van der Waals surface area (Å²) in [6.07, 6.45) is 0.981. The van der Waals surface area contributed by atoms with Gasteiger partial charge in [-0.15, -0.1) is 0 Å². The number of hydrogen-bond acceptors (Lipinski definition) is 3. The SMILES string of the molecule is COc1ccc([C@H]2C[C@H](C)N(C(=O)[C@@H](N)C(C)(C)C)C2)cc1. The third kappa shape index (κ3) is 3.43. The smallest absolute Gasteiger partial charge is 0.240 e. The van der Waals surface area contributed by atoms with E-state index in [1.165, 1.54) is 5.56 Å². The first-order valence-electron chi connectivity index (χ1n) is 7.94. The van der Waals surface area contributed by atoms with Crippen LogP contribution >= 0.6 is 0 Å². The number of hydrogen-bond donors (Lipinski definition) is 1. The molecule has 1 amide bonds. The van der Waals surface area contributed by atoms with Crippen molar-refractivity contribution in [2.75, 3.05) is 13.7 Å². The minimum atomic E-state index is -0.454. The first kappa shape index (κ1) is 16.8. The minimum absolute atomic E-state index is 0.0658. The van der Waals surface area contributed by atoms with E-state index in [4.69, 9.17) is 10.5 Å². The summed E-state index contributed by atoms with van der Waals surface area (Å²) in [7, 11) is 1.67. The van der Waals surface area contributed by atoms with Gasteiger partial charge >= 0.3 is 0 Å². The van der Waals surface area contributed by atoms with Crippen LogP contribution in [0.15, 0.2) is 24.3 Å². The Bertz CT molecular complexity index is 519. The van der Waals surface area contributed by atoms with Gasteiger partial charge in [-0.3, -0.25) is 4.79 Å².